The lowest BCUT2D eigenvalue weighted by Crippen LogP contribution is -2.26. The van der Waals surface area contributed by atoms with E-state index in [1.54, 1.807) is 18.3 Å². The Hall–Kier alpha value is -2.88. The van der Waals surface area contributed by atoms with Crippen molar-refractivity contribution in [2.24, 2.45) is 5.41 Å². The first-order valence-corrected chi connectivity index (χ1v) is 11.0. The first-order chi connectivity index (χ1) is 14.8. The van der Waals surface area contributed by atoms with Crippen molar-refractivity contribution in [1.29, 1.82) is 0 Å². The van der Waals surface area contributed by atoms with Crippen LogP contribution in [0.5, 0.6) is 5.88 Å². The predicted octanol–water partition coefficient (Wildman–Crippen LogP) is 6.11. The summed E-state index contributed by atoms with van der Waals surface area (Å²) >= 11 is 0. The molecular formula is C27H36N2O2. The molecule has 31 heavy (non-hydrogen) atoms. The monoisotopic (exact) mass is 420 g/mol. The zero-order valence-electron chi connectivity index (χ0n) is 19.6. The fourth-order valence-corrected chi connectivity index (χ4v) is 3.70. The van der Waals surface area contributed by atoms with Gasteiger partial charge in [-0.25, -0.2) is 4.98 Å². The van der Waals surface area contributed by atoms with Crippen LogP contribution in [-0.2, 0) is 4.79 Å². The summed E-state index contributed by atoms with van der Waals surface area (Å²) in [5, 5.41) is 2.82. The lowest BCUT2D eigenvalue weighted by Gasteiger charge is -2.32. The molecule has 1 aliphatic rings. The molecule has 0 fully saturated rings. The number of nitrogens with one attached hydrogen (secondary N) is 1. The van der Waals surface area contributed by atoms with Crippen LogP contribution in [0.15, 0.2) is 83.1 Å². The van der Waals surface area contributed by atoms with Crippen molar-refractivity contribution in [2.75, 3.05) is 13.2 Å². The first-order valence-electron chi connectivity index (χ1n) is 11.0. The number of hydrogen-bond acceptors (Lipinski definition) is 3. The summed E-state index contributed by atoms with van der Waals surface area (Å²) in [5.41, 5.74) is 5.30. The molecule has 2 rings (SSSR count). The molecule has 0 saturated heterocycles. The van der Waals surface area contributed by atoms with Crippen LogP contribution in [0.3, 0.4) is 0 Å². The quantitative estimate of drug-likeness (QED) is 0.298. The van der Waals surface area contributed by atoms with Gasteiger partial charge in [0.25, 0.3) is 0 Å². The highest BCUT2D eigenvalue weighted by molar-refractivity contribution is 5.88. The Kier molecular flexibility index (Phi) is 9.51. The zero-order chi connectivity index (χ0) is 22.7. The second kappa shape index (κ2) is 12.1. The van der Waals surface area contributed by atoms with Crippen molar-refractivity contribution < 1.29 is 9.53 Å². The highest BCUT2D eigenvalue weighted by Gasteiger charge is 2.26. The molecule has 0 aliphatic heterocycles. The number of carbonyl (C=O) groups is 1. The second-order valence-corrected chi connectivity index (χ2v) is 8.73. The molecule has 0 radical (unpaired) electrons. The van der Waals surface area contributed by atoms with E-state index in [4.69, 9.17) is 4.74 Å². The van der Waals surface area contributed by atoms with E-state index in [-0.39, 0.29) is 11.3 Å². The van der Waals surface area contributed by atoms with Crippen molar-refractivity contribution in [2.45, 2.75) is 53.9 Å². The van der Waals surface area contributed by atoms with Gasteiger partial charge < -0.3 is 10.1 Å². The standard InChI is InChI=1S/C27H36N2O2/c1-21(14-15-24-23(3)12-9-16-27(24,4)5)10-8-11-22(2)20-25(30)28-18-19-31-26-13-6-7-17-29-26/h6-8,10-11,13-15,17,20H,9,12,16,18-19H2,1-5H3,(H,28,30)/b11-8+,15-14+,21-10+,22-20+. The Morgan fingerprint density at radius 3 is 2.74 bits per heavy atom. The fraction of sp³-hybridized carbons (Fsp3) is 0.407. The first kappa shape index (κ1) is 24.4. The van der Waals surface area contributed by atoms with Crippen LogP contribution in [0.1, 0.15) is 53.9 Å². The molecule has 1 aromatic heterocycles. The number of allylic oxidation sites excluding steroid dienone is 9. The van der Waals surface area contributed by atoms with Crippen molar-refractivity contribution >= 4 is 5.91 Å². The van der Waals surface area contributed by atoms with Crippen LogP contribution >= 0.6 is 0 Å². The van der Waals surface area contributed by atoms with Crippen LogP contribution < -0.4 is 10.1 Å². The Bertz CT molecular complexity index is 887. The van der Waals surface area contributed by atoms with Gasteiger partial charge in [0.2, 0.25) is 11.8 Å². The highest BCUT2D eigenvalue weighted by atomic mass is 16.5. The van der Waals surface area contributed by atoms with Crippen molar-refractivity contribution in [3.05, 3.63) is 83.1 Å². The van der Waals surface area contributed by atoms with E-state index in [9.17, 15) is 4.79 Å². The lowest BCUT2D eigenvalue weighted by atomic mass is 9.72. The molecular weight excluding hydrogens is 384 g/mol. The van der Waals surface area contributed by atoms with Crippen LogP contribution in [0.25, 0.3) is 0 Å². The highest BCUT2D eigenvalue weighted by Crippen LogP contribution is 2.40. The summed E-state index contributed by atoms with van der Waals surface area (Å²) in [7, 11) is 0. The summed E-state index contributed by atoms with van der Waals surface area (Å²) in [6, 6.07) is 5.48. The maximum absolute atomic E-state index is 12.0. The molecule has 0 bridgehead atoms. The van der Waals surface area contributed by atoms with Gasteiger partial charge in [0.15, 0.2) is 0 Å². The largest absolute Gasteiger partial charge is 0.476 e. The third-order valence-electron chi connectivity index (χ3n) is 5.42. The van der Waals surface area contributed by atoms with Crippen LogP contribution in [0.2, 0.25) is 0 Å². The minimum Gasteiger partial charge on any atom is -0.476 e. The topological polar surface area (TPSA) is 51.2 Å². The lowest BCUT2D eigenvalue weighted by molar-refractivity contribution is -0.116. The molecule has 1 aromatic rings. The molecule has 0 unspecified atom stereocenters. The van der Waals surface area contributed by atoms with Gasteiger partial charge in [-0.3, -0.25) is 4.79 Å². The Morgan fingerprint density at radius 2 is 2.03 bits per heavy atom. The third kappa shape index (κ3) is 8.79. The summed E-state index contributed by atoms with van der Waals surface area (Å²) in [5.74, 6) is 0.426. The number of hydrogen-bond donors (Lipinski definition) is 1. The molecule has 1 N–H and O–H groups in total. The average molecular weight is 421 g/mol. The average Bonchev–Trinajstić information content (AvgIpc) is 2.71. The molecule has 1 heterocycles. The molecule has 0 aromatic carbocycles. The van der Waals surface area contributed by atoms with E-state index < -0.39 is 0 Å². The van der Waals surface area contributed by atoms with E-state index in [1.165, 1.54) is 36.0 Å². The minimum atomic E-state index is -0.130. The van der Waals surface area contributed by atoms with E-state index in [2.05, 4.69) is 56.2 Å². The van der Waals surface area contributed by atoms with Crippen LogP contribution in [0, 0.1) is 5.41 Å². The molecule has 1 aliphatic carbocycles. The molecule has 0 saturated carbocycles. The van der Waals surface area contributed by atoms with Crippen molar-refractivity contribution in [1.82, 2.24) is 10.3 Å². The minimum absolute atomic E-state index is 0.130. The SMILES string of the molecule is CC1=C(/C=C/C(C)=C/C=C/C(C)=C/C(=O)NCCOc2ccccn2)C(C)(C)CCC1. The van der Waals surface area contributed by atoms with Gasteiger partial charge in [-0.2, -0.15) is 0 Å². The molecule has 4 nitrogen and oxygen atoms in total. The van der Waals surface area contributed by atoms with E-state index >= 15 is 0 Å². The Morgan fingerprint density at radius 1 is 1.23 bits per heavy atom. The number of rotatable bonds is 9. The summed E-state index contributed by atoms with van der Waals surface area (Å²) in [6.07, 6.45) is 17.4. The van der Waals surface area contributed by atoms with Crippen molar-refractivity contribution in [3.63, 3.8) is 0 Å². The van der Waals surface area contributed by atoms with Crippen molar-refractivity contribution in [3.8, 4) is 5.88 Å². The summed E-state index contributed by atoms with van der Waals surface area (Å²) in [4.78, 5) is 16.1. The molecule has 0 spiro atoms. The van der Waals surface area contributed by atoms with E-state index in [1.807, 2.05) is 31.2 Å². The maximum Gasteiger partial charge on any atom is 0.244 e. The molecule has 0 atom stereocenters. The van der Waals surface area contributed by atoms with Crippen LogP contribution in [0.4, 0.5) is 0 Å². The summed E-state index contributed by atoms with van der Waals surface area (Å²) in [6.45, 7) is 11.7. The van der Waals surface area contributed by atoms with Gasteiger partial charge in [0.1, 0.15) is 6.61 Å². The Labute approximate surface area is 187 Å². The number of carbonyl (C=O) groups excluding carboxylic acids is 1. The van der Waals surface area contributed by atoms with Gasteiger partial charge in [0, 0.05) is 18.3 Å². The molecule has 166 valence electrons. The predicted molar refractivity (Wildman–Crippen MR) is 129 cm³/mol. The second-order valence-electron chi connectivity index (χ2n) is 8.73. The van der Waals surface area contributed by atoms with Crippen LogP contribution in [-0.4, -0.2) is 24.0 Å². The number of aromatic nitrogens is 1. The normalized spacial score (nSPS) is 17.5. The number of ether oxygens (including phenoxy) is 1. The third-order valence-corrected chi connectivity index (χ3v) is 5.42. The number of amides is 1. The van der Waals surface area contributed by atoms with Gasteiger partial charge in [-0.05, 0) is 62.7 Å². The van der Waals surface area contributed by atoms with E-state index in [0.29, 0.717) is 19.0 Å². The zero-order valence-corrected chi connectivity index (χ0v) is 19.6. The van der Waals surface area contributed by atoms with Gasteiger partial charge in [-0.1, -0.05) is 61.4 Å². The molecule has 1 amide bonds. The van der Waals surface area contributed by atoms with Gasteiger partial charge in [-0.15, -0.1) is 0 Å². The summed E-state index contributed by atoms with van der Waals surface area (Å²) < 4.78 is 5.46. The van der Waals surface area contributed by atoms with E-state index in [0.717, 1.165) is 5.57 Å². The van der Waals surface area contributed by atoms with Gasteiger partial charge in [0.05, 0.1) is 6.54 Å². The number of pyridine rings is 1. The maximum atomic E-state index is 12.0. The number of nitrogens with zero attached hydrogens (tertiary/aromatic N) is 1. The fourth-order valence-electron chi connectivity index (χ4n) is 3.70. The smallest absolute Gasteiger partial charge is 0.244 e. The molecule has 4 heteroatoms. The van der Waals surface area contributed by atoms with Gasteiger partial charge >= 0.3 is 0 Å². The Balaban J connectivity index is 1.80.